The molecule has 1 nitrogen and oxygen atoms in total. The first kappa shape index (κ1) is 9.80. The molecule has 0 aliphatic heterocycles. The van der Waals surface area contributed by atoms with E-state index in [2.05, 4.69) is 20.9 Å². The fraction of sp³-hybridized carbons (Fsp3) is 0. The minimum Gasteiger partial charge on any atom is -0.238 e. The van der Waals surface area contributed by atoms with E-state index in [9.17, 15) is 8.78 Å². The summed E-state index contributed by atoms with van der Waals surface area (Å²) < 4.78 is 26.6. The highest BCUT2D eigenvalue weighted by Gasteiger charge is 2.12. The van der Waals surface area contributed by atoms with Crippen LogP contribution < -0.4 is 0 Å². The van der Waals surface area contributed by atoms with Crippen LogP contribution in [0.25, 0.3) is 10.9 Å². The maximum Gasteiger partial charge on any atom is 0.185 e. The van der Waals surface area contributed by atoms with Crippen LogP contribution >= 0.6 is 27.5 Å². The zero-order valence-electron chi connectivity index (χ0n) is 6.69. The molecule has 2 rings (SSSR count). The van der Waals surface area contributed by atoms with Crippen LogP contribution in [-0.2, 0) is 0 Å². The van der Waals surface area contributed by atoms with Gasteiger partial charge in [-0.1, -0.05) is 11.6 Å². The molecule has 0 saturated heterocycles. The molecule has 0 aliphatic rings. The third-order valence-corrected chi connectivity index (χ3v) is 2.54. The lowest BCUT2D eigenvalue weighted by molar-refractivity contribution is 0.515. The molecule has 14 heavy (non-hydrogen) atoms. The quantitative estimate of drug-likeness (QED) is 0.525. The van der Waals surface area contributed by atoms with Crippen molar-refractivity contribution in [1.29, 1.82) is 0 Å². The van der Waals surface area contributed by atoms with Crippen molar-refractivity contribution in [3.05, 3.63) is 39.5 Å². The highest BCUT2D eigenvalue weighted by atomic mass is 79.9. The van der Waals surface area contributed by atoms with Crippen molar-refractivity contribution in [3.8, 4) is 0 Å². The smallest absolute Gasteiger partial charge is 0.185 e. The molecule has 0 unspecified atom stereocenters. The Balaban J connectivity index is 2.95. The summed E-state index contributed by atoms with van der Waals surface area (Å²) in [5.74, 6) is -1.97. The van der Waals surface area contributed by atoms with Gasteiger partial charge in [-0.05, 0) is 34.1 Å². The number of nitrogens with zero attached hydrogens (tertiary/aromatic N) is 1. The summed E-state index contributed by atoms with van der Waals surface area (Å²) in [6.07, 6.45) is 0. The molecule has 72 valence electrons. The highest BCUT2D eigenvalue weighted by molar-refractivity contribution is 9.10. The zero-order chi connectivity index (χ0) is 10.3. The summed E-state index contributed by atoms with van der Waals surface area (Å²) in [5, 5.41) is 0.549. The van der Waals surface area contributed by atoms with E-state index in [4.69, 9.17) is 11.6 Å². The van der Waals surface area contributed by atoms with E-state index in [-0.39, 0.29) is 10.5 Å². The fourth-order valence-electron chi connectivity index (χ4n) is 1.16. The van der Waals surface area contributed by atoms with Gasteiger partial charge in [-0.3, -0.25) is 0 Å². The number of halogens is 4. The van der Waals surface area contributed by atoms with Gasteiger partial charge in [0.1, 0.15) is 10.1 Å². The Bertz CT molecular complexity index is 516. The minimum atomic E-state index is -0.992. The van der Waals surface area contributed by atoms with Crippen molar-refractivity contribution in [2.75, 3.05) is 0 Å². The zero-order valence-corrected chi connectivity index (χ0v) is 9.03. The van der Waals surface area contributed by atoms with E-state index in [1.54, 1.807) is 12.1 Å². The molecule has 0 bridgehead atoms. The molecule has 0 amide bonds. The average Bonchev–Trinajstić information content (AvgIpc) is 2.14. The fourth-order valence-corrected chi connectivity index (χ4v) is 1.72. The number of benzene rings is 1. The van der Waals surface area contributed by atoms with Gasteiger partial charge >= 0.3 is 0 Å². The van der Waals surface area contributed by atoms with Crippen molar-refractivity contribution in [2.45, 2.75) is 0 Å². The summed E-state index contributed by atoms with van der Waals surface area (Å²) in [7, 11) is 0. The second-order valence-electron chi connectivity index (χ2n) is 2.68. The number of hydrogen-bond donors (Lipinski definition) is 0. The van der Waals surface area contributed by atoms with Crippen molar-refractivity contribution in [1.82, 2.24) is 4.98 Å². The van der Waals surface area contributed by atoms with Gasteiger partial charge < -0.3 is 0 Å². The summed E-state index contributed by atoms with van der Waals surface area (Å²) in [6.45, 7) is 0. The van der Waals surface area contributed by atoms with E-state index in [1.807, 2.05) is 0 Å². The SMILES string of the molecule is Fc1cc(Cl)c2ccc(Br)nc2c1F. The molecular weight excluding hydrogens is 275 g/mol. The normalized spacial score (nSPS) is 10.9. The topological polar surface area (TPSA) is 12.9 Å². The molecule has 1 aromatic heterocycles. The minimum absolute atomic E-state index is 0.0654. The highest BCUT2D eigenvalue weighted by Crippen LogP contribution is 2.27. The van der Waals surface area contributed by atoms with Crippen molar-refractivity contribution in [3.63, 3.8) is 0 Å². The summed E-state index contributed by atoms with van der Waals surface area (Å²) in [6, 6.07) is 4.14. The molecular formula is C9H3BrClF2N. The second-order valence-corrected chi connectivity index (χ2v) is 3.90. The van der Waals surface area contributed by atoms with E-state index < -0.39 is 11.6 Å². The van der Waals surface area contributed by atoms with Crippen LogP contribution in [0.4, 0.5) is 8.78 Å². The third kappa shape index (κ3) is 1.48. The number of rotatable bonds is 0. The Kier molecular flexibility index (Phi) is 2.41. The van der Waals surface area contributed by atoms with Crippen LogP contribution in [0.5, 0.6) is 0 Å². The van der Waals surface area contributed by atoms with Gasteiger partial charge in [-0.25, -0.2) is 13.8 Å². The summed E-state index contributed by atoms with van der Waals surface area (Å²) >= 11 is 8.80. The molecule has 1 aromatic carbocycles. The second kappa shape index (κ2) is 3.44. The lowest BCUT2D eigenvalue weighted by Crippen LogP contribution is -1.90. The van der Waals surface area contributed by atoms with Gasteiger partial charge in [0, 0.05) is 5.39 Å². The molecule has 0 atom stereocenters. The van der Waals surface area contributed by atoms with Crippen molar-refractivity contribution < 1.29 is 8.78 Å². The standard InChI is InChI=1S/C9H3BrClF2N/c10-7-2-1-4-5(11)3-6(12)8(13)9(4)14-7/h1-3H. The van der Waals surface area contributed by atoms with Crippen LogP contribution in [0.2, 0.25) is 5.02 Å². The molecule has 0 saturated carbocycles. The van der Waals surface area contributed by atoms with Crippen LogP contribution in [0.15, 0.2) is 22.8 Å². The first-order chi connectivity index (χ1) is 6.59. The first-order valence-electron chi connectivity index (χ1n) is 3.69. The lowest BCUT2D eigenvalue weighted by atomic mass is 10.2. The largest absolute Gasteiger partial charge is 0.238 e. The molecule has 2 aromatic rings. The number of fused-ring (bicyclic) bond motifs is 1. The van der Waals surface area contributed by atoms with Gasteiger partial charge in [0.25, 0.3) is 0 Å². The van der Waals surface area contributed by atoms with Gasteiger partial charge in [0.15, 0.2) is 11.6 Å². The Hall–Kier alpha value is -0.740. The van der Waals surface area contributed by atoms with Crippen LogP contribution in [0.3, 0.4) is 0 Å². The maximum atomic E-state index is 13.2. The Morgan fingerprint density at radius 1 is 1.29 bits per heavy atom. The van der Waals surface area contributed by atoms with Gasteiger partial charge in [0.2, 0.25) is 0 Å². The maximum absolute atomic E-state index is 13.2. The first-order valence-corrected chi connectivity index (χ1v) is 4.86. The lowest BCUT2D eigenvalue weighted by Gasteiger charge is -2.02. The summed E-state index contributed by atoms with van der Waals surface area (Å²) in [4.78, 5) is 3.81. The van der Waals surface area contributed by atoms with Gasteiger partial charge in [-0.2, -0.15) is 0 Å². The molecule has 5 heteroatoms. The molecule has 1 heterocycles. The van der Waals surface area contributed by atoms with E-state index >= 15 is 0 Å². The number of aromatic nitrogens is 1. The predicted molar refractivity (Wildman–Crippen MR) is 54.4 cm³/mol. The average molecular weight is 278 g/mol. The van der Waals surface area contributed by atoms with E-state index in [0.29, 0.717) is 9.99 Å². The predicted octanol–water partition coefficient (Wildman–Crippen LogP) is 3.93. The molecule has 0 radical (unpaired) electrons. The van der Waals surface area contributed by atoms with Crippen molar-refractivity contribution >= 4 is 38.4 Å². The molecule has 0 spiro atoms. The molecule has 0 N–H and O–H groups in total. The Morgan fingerprint density at radius 3 is 2.71 bits per heavy atom. The van der Waals surface area contributed by atoms with Gasteiger partial charge in [0.05, 0.1) is 5.02 Å². The van der Waals surface area contributed by atoms with Crippen molar-refractivity contribution in [2.24, 2.45) is 0 Å². The van der Waals surface area contributed by atoms with E-state index in [0.717, 1.165) is 6.07 Å². The summed E-state index contributed by atoms with van der Waals surface area (Å²) in [5.41, 5.74) is -0.0654. The van der Waals surface area contributed by atoms with E-state index in [1.165, 1.54) is 0 Å². The van der Waals surface area contributed by atoms with Gasteiger partial charge in [-0.15, -0.1) is 0 Å². The Labute approximate surface area is 91.8 Å². The number of pyridine rings is 1. The van der Waals surface area contributed by atoms with Crippen LogP contribution in [0.1, 0.15) is 0 Å². The molecule has 0 fully saturated rings. The van der Waals surface area contributed by atoms with Crippen LogP contribution in [0, 0.1) is 11.6 Å². The molecule has 0 aliphatic carbocycles. The third-order valence-electron chi connectivity index (χ3n) is 1.79. The van der Waals surface area contributed by atoms with Crippen LogP contribution in [-0.4, -0.2) is 4.98 Å². The monoisotopic (exact) mass is 277 g/mol. The number of hydrogen-bond acceptors (Lipinski definition) is 1. The Morgan fingerprint density at radius 2 is 2.00 bits per heavy atom.